The lowest BCUT2D eigenvalue weighted by Gasteiger charge is -2.17. The molecule has 0 fully saturated rings. The van der Waals surface area contributed by atoms with Gasteiger partial charge < -0.3 is 24.2 Å². The Bertz CT molecular complexity index is 1980. The lowest BCUT2D eigenvalue weighted by Crippen LogP contribution is -2.15. The first-order valence-electron chi connectivity index (χ1n) is 15.3. The van der Waals surface area contributed by atoms with Gasteiger partial charge in [0, 0.05) is 51.6 Å². The van der Waals surface area contributed by atoms with E-state index in [-0.39, 0.29) is 41.1 Å². The van der Waals surface area contributed by atoms with Gasteiger partial charge in [0.15, 0.2) is 0 Å². The highest BCUT2D eigenvalue weighted by Gasteiger charge is 2.38. The molecule has 3 aromatic rings. The van der Waals surface area contributed by atoms with Crippen molar-refractivity contribution in [3.05, 3.63) is 75.4 Å². The van der Waals surface area contributed by atoms with Crippen LogP contribution < -0.4 is 0 Å². The number of aromatic nitrogens is 4. The molecule has 2 N–H and O–H groups in total. The Morgan fingerprint density at radius 3 is 2.20 bits per heavy atom. The number of nitrogens with zero attached hydrogens (tertiary/aromatic N) is 2. The number of ether oxygens (including phenoxy) is 3. The van der Waals surface area contributed by atoms with Crippen LogP contribution in [-0.2, 0) is 30.2 Å². The quantitative estimate of drug-likeness (QED) is 0.215. The highest BCUT2D eigenvalue weighted by Crippen LogP contribution is 2.44. The molecule has 10 nitrogen and oxygen atoms in total. The van der Waals surface area contributed by atoms with E-state index in [1.165, 1.54) is 26.9 Å². The van der Waals surface area contributed by atoms with Gasteiger partial charge in [-0.25, -0.2) is 14.6 Å². The van der Waals surface area contributed by atoms with Gasteiger partial charge in [-0.2, -0.15) is 0 Å². The smallest absolute Gasteiger partial charge is 0.341 e. The predicted octanol–water partition coefficient (Wildman–Crippen LogP) is 6.87. The molecule has 2 aliphatic heterocycles. The van der Waals surface area contributed by atoms with Gasteiger partial charge in [-0.05, 0) is 74.1 Å². The first-order valence-corrected chi connectivity index (χ1v) is 15.3. The molecule has 0 amide bonds. The van der Waals surface area contributed by atoms with E-state index in [1.54, 1.807) is 13.0 Å². The molecule has 8 bridgehead atoms. The van der Waals surface area contributed by atoms with Gasteiger partial charge in [0.1, 0.15) is 5.56 Å². The number of hydrogen-bond acceptors (Lipinski definition) is 8. The van der Waals surface area contributed by atoms with Crippen molar-refractivity contribution in [2.24, 2.45) is 0 Å². The Morgan fingerprint density at radius 1 is 0.891 bits per heavy atom. The highest BCUT2D eigenvalue weighted by atomic mass is 16.5. The molecule has 3 aromatic heterocycles. The summed E-state index contributed by atoms with van der Waals surface area (Å²) in [5.74, 6) is -2.28. The topological polar surface area (TPSA) is 136 Å². The molecule has 0 saturated heterocycles. The molecule has 10 heteroatoms. The number of fused-ring (bicyclic) bond motifs is 8. The maximum absolute atomic E-state index is 13.7. The zero-order valence-corrected chi connectivity index (χ0v) is 27.6. The number of carbonyl (C=O) groups is 3. The number of hydrogen-bond donors (Lipinski definition) is 2. The van der Waals surface area contributed by atoms with Crippen LogP contribution in [0.3, 0.4) is 0 Å². The largest absolute Gasteiger partial charge is 0.469 e. The number of aromatic amines is 2. The van der Waals surface area contributed by atoms with E-state index in [0.717, 1.165) is 50.9 Å². The normalized spacial score (nSPS) is 15.9. The van der Waals surface area contributed by atoms with Crippen molar-refractivity contribution in [2.75, 3.05) is 21.3 Å². The Morgan fingerprint density at radius 2 is 1.57 bits per heavy atom. The van der Waals surface area contributed by atoms with Crippen LogP contribution in [0.25, 0.3) is 39.3 Å². The standard InChI is InChI=1S/C36H40N4O6/c1-10-21-17(3)24-14-26-19(5)23(12-13-30(41)44-7)33(39-26)32(36(43)46-9)34-31(35(42)45-8)20(6)27(40-34)16-29-22(11-2)18(4)25(38-29)15-28(21)37-24/h11,14-16,19,23,37-38H,2,10,12-13H2,1,3-9H3/t19-,23-/m0/s1. The Hall–Kier alpha value is -4.99. The second-order valence-electron chi connectivity index (χ2n) is 11.7. The number of aryl methyl sites for hydroxylation is 3. The lowest BCUT2D eigenvalue weighted by molar-refractivity contribution is -0.140. The second kappa shape index (κ2) is 12.8. The van der Waals surface area contributed by atoms with Crippen LogP contribution in [0.15, 0.2) is 24.8 Å². The van der Waals surface area contributed by atoms with E-state index >= 15 is 0 Å². The fourth-order valence-electron chi connectivity index (χ4n) is 6.60. The molecule has 0 spiro atoms. The first-order chi connectivity index (χ1) is 22.0. The molecule has 5 heterocycles. The van der Waals surface area contributed by atoms with Crippen molar-refractivity contribution in [1.82, 2.24) is 19.9 Å². The zero-order chi connectivity index (χ0) is 33.4. The summed E-state index contributed by atoms with van der Waals surface area (Å²) in [6.07, 6.45) is 3.06. The highest BCUT2D eigenvalue weighted by molar-refractivity contribution is 6.26. The molecule has 2 aliphatic rings. The minimum absolute atomic E-state index is 0.0571. The molecule has 46 heavy (non-hydrogen) atoms. The molecule has 0 aromatic carbocycles. The lowest BCUT2D eigenvalue weighted by atomic mass is 9.85. The Kier molecular flexibility index (Phi) is 9.01. The van der Waals surface area contributed by atoms with Crippen LogP contribution in [0, 0.1) is 13.8 Å². The molecule has 2 atom stereocenters. The van der Waals surface area contributed by atoms with E-state index in [1.807, 2.05) is 26.0 Å². The number of rotatable bonds is 7. The first kappa shape index (κ1) is 32.4. The Labute approximate surface area is 267 Å². The van der Waals surface area contributed by atoms with Crippen LogP contribution in [-0.4, -0.2) is 59.2 Å². The average molecular weight is 625 g/mol. The summed E-state index contributed by atoms with van der Waals surface area (Å²) in [6, 6.07) is 5.95. The number of methoxy groups -OCH3 is 3. The summed E-state index contributed by atoms with van der Waals surface area (Å²) >= 11 is 0. The fraction of sp³-hybridized carbons (Fsp3) is 0.361. The van der Waals surface area contributed by atoms with Crippen molar-refractivity contribution in [3.8, 4) is 0 Å². The summed E-state index contributed by atoms with van der Waals surface area (Å²) in [5, 5.41) is 0. The molecule has 0 saturated carbocycles. The molecule has 240 valence electrons. The second-order valence-corrected chi connectivity index (χ2v) is 11.7. The van der Waals surface area contributed by atoms with Gasteiger partial charge in [-0.3, -0.25) is 9.78 Å². The zero-order valence-electron chi connectivity index (χ0n) is 27.6. The van der Waals surface area contributed by atoms with Crippen LogP contribution in [0.4, 0.5) is 0 Å². The van der Waals surface area contributed by atoms with E-state index < -0.39 is 11.9 Å². The molecule has 0 aliphatic carbocycles. The van der Waals surface area contributed by atoms with E-state index in [2.05, 4.69) is 36.5 Å². The van der Waals surface area contributed by atoms with Gasteiger partial charge in [0.25, 0.3) is 0 Å². The number of esters is 3. The number of nitrogens with one attached hydrogen (secondary N) is 2. The van der Waals surface area contributed by atoms with Crippen molar-refractivity contribution in [2.45, 2.75) is 65.7 Å². The van der Waals surface area contributed by atoms with Gasteiger partial charge in [-0.15, -0.1) is 0 Å². The number of allylic oxidation sites excluding steroid dienone is 1. The van der Waals surface area contributed by atoms with Crippen molar-refractivity contribution >= 4 is 57.2 Å². The van der Waals surface area contributed by atoms with E-state index in [0.29, 0.717) is 23.4 Å². The minimum Gasteiger partial charge on any atom is -0.469 e. The van der Waals surface area contributed by atoms with Gasteiger partial charge in [0.05, 0.1) is 44.0 Å². The SMILES string of the molecule is C=Cc1c(C)c2cc3[nH]c(cc4nc(c(C(=O)OC)c5nc(cc1[nH]2)C(C)=C5C(=O)OC)[C@@H](CCC(=O)OC)[C@@H]4C)c(C)c3CC. The number of H-pyrrole nitrogens is 2. The summed E-state index contributed by atoms with van der Waals surface area (Å²) in [4.78, 5) is 56.4. The van der Waals surface area contributed by atoms with E-state index in [9.17, 15) is 14.4 Å². The van der Waals surface area contributed by atoms with Crippen molar-refractivity contribution < 1.29 is 28.6 Å². The van der Waals surface area contributed by atoms with Crippen molar-refractivity contribution in [1.29, 1.82) is 0 Å². The van der Waals surface area contributed by atoms with E-state index in [4.69, 9.17) is 24.2 Å². The summed E-state index contributed by atoms with van der Waals surface area (Å²) in [7, 11) is 3.91. The Balaban J connectivity index is 2.04. The number of carbonyl (C=O) groups excluding carboxylic acids is 3. The minimum atomic E-state index is -0.698. The van der Waals surface area contributed by atoms with Gasteiger partial charge >= 0.3 is 17.9 Å². The molecule has 5 rings (SSSR count). The maximum Gasteiger partial charge on any atom is 0.341 e. The third kappa shape index (κ3) is 5.42. The summed E-state index contributed by atoms with van der Waals surface area (Å²) in [5.41, 5.74) is 10.1. The molecular weight excluding hydrogens is 584 g/mol. The fourth-order valence-corrected chi connectivity index (χ4v) is 6.60. The monoisotopic (exact) mass is 624 g/mol. The van der Waals surface area contributed by atoms with Gasteiger partial charge in [-0.1, -0.05) is 26.5 Å². The van der Waals surface area contributed by atoms with Crippen LogP contribution in [0.5, 0.6) is 0 Å². The maximum atomic E-state index is 13.7. The summed E-state index contributed by atoms with van der Waals surface area (Å²) < 4.78 is 15.4. The third-order valence-corrected chi connectivity index (χ3v) is 9.30. The molecule has 0 radical (unpaired) electrons. The van der Waals surface area contributed by atoms with Gasteiger partial charge in [0.2, 0.25) is 0 Å². The average Bonchev–Trinajstić information content (AvgIpc) is 3.72. The van der Waals surface area contributed by atoms with Crippen LogP contribution in [0.1, 0.15) is 101 Å². The summed E-state index contributed by atoms with van der Waals surface area (Å²) in [6.45, 7) is 14.1. The van der Waals surface area contributed by atoms with Crippen LogP contribution in [0.2, 0.25) is 0 Å². The third-order valence-electron chi connectivity index (χ3n) is 9.30. The molecular formula is C36H40N4O6. The molecule has 0 unspecified atom stereocenters. The predicted molar refractivity (Wildman–Crippen MR) is 178 cm³/mol. The van der Waals surface area contributed by atoms with Crippen molar-refractivity contribution in [3.63, 3.8) is 0 Å². The van der Waals surface area contributed by atoms with Crippen LogP contribution >= 0.6 is 0 Å².